The van der Waals surface area contributed by atoms with Gasteiger partial charge in [-0.25, -0.2) is 4.79 Å². The van der Waals surface area contributed by atoms with Crippen LogP contribution in [-0.2, 0) is 6.54 Å². The molecule has 2 fully saturated rings. The van der Waals surface area contributed by atoms with Crippen LogP contribution in [0.2, 0.25) is 5.02 Å². The second kappa shape index (κ2) is 8.93. The van der Waals surface area contributed by atoms with E-state index in [1.165, 1.54) is 5.56 Å². The lowest BCUT2D eigenvalue weighted by Gasteiger charge is -2.60. The number of likely N-dealkylation sites (tertiary alicyclic amines) is 2. The van der Waals surface area contributed by atoms with Gasteiger partial charge in [0, 0.05) is 60.7 Å². The highest BCUT2D eigenvalue weighted by molar-refractivity contribution is 6.31. The predicted molar refractivity (Wildman–Crippen MR) is 128 cm³/mol. The summed E-state index contributed by atoms with van der Waals surface area (Å²) in [4.78, 5) is 21.6. The number of benzene rings is 2. The van der Waals surface area contributed by atoms with Crippen LogP contribution in [0, 0.1) is 5.41 Å². The molecule has 5 rings (SSSR count). The molecule has 32 heavy (non-hydrogen) atoms. The van der Waals surface area contributed by atoms with Crippen molar-refractivity contribution in [2.75, 3.05) is 25.0 Å². The molecule has 2 aromatic carbocycles. The lowest BCUT2D eigenvalue weighted by Crippen LogP contribution is -2.62. The van der Waals surface area contributed by atoms with Gasteiger partial charge in [0.05, 0.1) is 0 Å². The van der Waals surface area contributed by atoms with Crippen LogP contribution in [0.4, 0.5) is 10.5 Å². The summed E-state index contributed by atoms with van der Waals surface area (Å²) in [6.07, 6.45) is 5.77. The van der Waals surface area contributed by atoms with Gasteiger partial charge in [0.15, 0.2) is 0 Å². The normalized spacial score (nSPS) is 20.0. The number of rotatable bonds is 4. The van der Waals surface area contributed by atoms with Gasteiger partial charge in [0.2, 0.25) is 0 Å². The minimum absolute atomic E-state index is 0.0174. The maximum Gasteiger partial charge on any atom is 0.321 e. The van der Waals surface area contributed by atoms with Gasteiger partial charge in [-0.05, 0) is 48.2 Å². The molecule has 5 nitrogen and oxygen atoms in total. The number of hydrogen-bond acceptors (Lipinski definition) is 3. The number of nitrogens with one attached hydrogen (secondary N) is 1. The molecule has 1 aromatic heterocycles. The number of hydrogen-bond donors (Lipinski definition) is 1. The average Bonchev–Trinajstić information content (AvgIpc) is 2.81. The quantitative estimate of drug-likeness (QED) is 0.567. The molecule has 0 bridgehead atoms. The van der Waals surface area contributed by atoms with Crippen LogP contribution in [0.5, 0.6) is 0 Å². The molecular formula is C26H27ClN4O. The third-order valence-corrected chi connectivity index (χ3v) is 7.23. The smallest absolute Gasteiger partial charge is 0.321 e. The van der Waals surface area contributed by atoms with Crippen LogP contribution in [0.3, 0.4) is 0 Å². The maximum atomic E-state index is 12.8. The summed E-state index contributed by atoms with van der Waals surface area (Å²) in [6.45, 7) is 3.34. The number of urea groups is 1. The van der Waals surface area contributed by atoms with Crippen molar-refractivity contribution < 1.29 is 4.79 Å². The Morgan fingerprint density at radius 3 is 2.50 bits per heavy atom. The van der Waals surface area contributed by atoms with Crippen LogP contribution in [0.25, 0.3) is 0 Å². The monoisotopic (exact) mass is 446 g/mol. The molecule has 3 heterocycles. The molecule has 6 heteroatoms. The van der Waals surface area contributed by atoms with Crippen molar-refractivity contribution in [2.24, 2.45) is 5.41 Å². The second-order valence-electron chi connectivity index (χ2n) is 8.83. The molecule has 1 unspecified atom stereocenters. The molecule has 0 aliphatic carbocycles. The van der Waals surface area contributed by atoms with Gasteiger partial charge < -0.3 is 10.2 Å². The number of para-hydroxylation sites is 1. The first kappa shape index (κ1) is 21.0. The van der Waals surface area contributed by atoms with Crippen molar-refractivity contribution in [3.05, 3.63) is 95.3 Å². The van der Waals surface area contributed by atoms with E-state index in [0.717, 1.165) is 55.3 Å². The van der Waals surface area contributed by atoms with Gasteiger partial charge in [-0.3, -0.25) is 9.88 Å². The molecule has 1 atom stereocenters. The van der Waals surface area contributed by atoms with Gasteiger partial charge >= 0.3 is 6.03 Å². The highest BCUT2D eigenvalue weighted by atomic mass is 35.5. The average molecular weight is 447 g/mol. The van der Waals surface area contributed by atoms with Gasteiger partial charge in [-0.1, -0.05) is 54.1 Å². The Kier molecular flexibility index (Phi) is 5.85. The standard InChI is InChI=1S/C26H27ClN4O/c27-23-11-5-4-7-21(23)18-31-19-26(24(31)20-8-6-14-28-17-20)12-15-30(16-13-26)25(32)29-22-9-2-1-3-10-22/h1-11,14,17,24H,12-13,15-16,18-19H2,(H,29,32). The number of amides is 2. The Hall–Kier alpha value is -2.89. The van der Waals surface area contributed by atoms with Gasteiger partial charge in [0.1, 0.15) is 0 Å². The van der Waals surface area contributed by atoms with Crippen molar-refractivity contribution in [1.29, 1.82) is 0 Å². The van der Waals surface area contributed by atoms with E-state index in [-0.39, 0.29) is 17.5 Å². The second-order valence-corrected chi connectivity index (χ2v) is 9.24. The zero-order valence-electron chi connectivity index (χ0n) is 18.0. The van der Waals surface area contributed by atoms with Crippen molar-refractivity contribution in [2.45, 2.75) is 25.4 Å². The summed E-state index contributed by atoms with van der Waals surface area (Å²) < 4.78 is 0. The minimum atomic E-state index is -0.0174. The van der Waals surface area contributed by atoms with Crippen LogP contribution < -0.4 is 5.32 Å². The fourth-order valence-electron chi connectivity index (χ4n) is 5.26. The van der Waals surface area contributed by atoms with E-state index in [9.17, 15) is 4.79 Å². The van der Waals surface area contributed by atoms with E-state index in [1.807, 2.05) is 71.9 Å². The molecule has 1 spiro atoms. The molecule has 1 N–H and O–H groups in total. The number of anilines is 1. The third kappa shape index (κ3) is 4.10. The Morgan fingerprint density at radius 1 is 1.03 bits per heavy atom. The van der Waals surface area contributed by atoms with E-state index in [1.54, 1.807) is 0 Å². The van der Waals surface area contributed by atoms with Gasteiger partial charge in [-0.2, -0.15) is 0 Å². The Balaban J connectivity index is 1.29. The third-order valence-electron chi connectivity index (χ3n) is 6.87. The Morgan fingerprint density at radius 2 is 1.78 bits per heavy atom. The molecule has 164 valence electrons. The number of carbonyl (C=O) groups excluding carboxylic acids is 1. The van der Waals surface area contributed by atoms with Crippen molar-refractivity contribution >= 4 is 23.3 Å². The predicted octanol–water partition coefficient (Wildman–Crippen LogP) is 5.61. The van der Waals surface area contributed by atoms with Crippen LogP contribution >= 0.6 is 11.6 Å². The lowest BCUT2D eigenvalue weighted by atomic mass is 9.63. The molecule has 2 saturated heterocycles. The van der Waals surface area contributed by atoms with Crippen molar-refractivity contribution in [1.82, 2.24) is 14.8 Å². The lowest BCUT2D eigenvalue weighted by molar-refractivity contribution is -0.112. The highest BCUT2D eigenvalue weighted by Gasteiger charge is 2.54. The molecule has 2 amide bonds. The fourth-order valence-corrected chi connectivity index (χ4v) is 5.46. The number of pyridine rings is 1. The Labute approximate surface area is 194 Å². The minimum Gasteiger partial charge on any atom is -0.324 e. The number of halogens is 1. The van der Waals surface area contributed by atoms with Crippen molar-refractivity contribution in [3.8, 4) is 0 Å². The van der Waals surface area contributed by atoms with E-state index in [0.29, 0.717) is 0 Å². The highest BCUT2D eigenvalue weighted by Crippen LogP contribution is 2.55. The number of carbonyl (C=O) groups is 1. The Bertz CT molecular complexity index is 1070. The van der Waals surface area contributed by atoms with E-state index in [4.69, 9.17) is 11.6 Å². The van der Waals surface area contributed by atoms with Crippen LogP contribution in [0.15, 0.2) is 79.1 Å². The largest absolute Gasteiger partial charge is 0.324 e. The van der Waals surface area contributed by atoms with E-state index >= 15 is 0 Å². The summed E-state index contributed by atoms with van der Waals surface area (Å²) >= 11 is 6.45. The summed E-state index contributed by atoms with van der Waals surface area (Å²) in [5, 5.41) is 3.83. The summed E-state index contributed by atoms with van der Waals surface area (Å²) in [5.74, 6) is 0. The van der Waals surface area contributed by atoms with E-state index < -0.39 is 0 Å². The summed E-state index contributed by atoms with van der Waals surface area (Å²) in [7, 11) is 0. The van der Waals surface area contributed by atoms with Crippen molar-refractivity contribution in [3.63, 3.8) is 0 Å². The molecule has 2 aliphatic heterocycles. The zero-order chi connectivity index (χ0) is 22.0. The van der Waals surface area contributed by atoms with E-state index in [2.05, 4.69) is 27.3 Å². The summed E-state index contributed by atoms with van der Waals surface area (Å²) in [5.41, 5.74) is 3.39. The molecule has 0 saturated carbocycles. The first-order chi connectivity index (χ1) is 15.6. The summed E-state index contributed by atoms with van der Waals surface area (Å²) in [6, 6.07) is 22.2. The number of aromatic nitrogens is 1. The van der Waals surface area contributed by atoms with Gasteiger partial charge in [0.25, 0.3) is 0 Å². The molecule has 0 radical (unpaired) electrons. The van der Waals surface area contributed by atoms with Gasteiger partial charge in [-0.15, -0.1) is 0 Å². The molecule has 2 aliphatic rings. The topological polar surface area (TPSA) is 48.5 Å². The van der Waals surface area contributed by atoms with Crippen LogP contribution in [0.1, 0.15) is 30.0 Å². The number of nitrogens with zero attached hydrogens (tertiary/aromatic N) is 3. The fraction of sp³-hybridized carbons (Fsp3) is 0.308. The van der Waals surface area contributed by atoms with Crippen LogP contribution in [-0.4, -0.2) is 40.4 Å². The number of piperidine rings is 1. The first-order valence-corrected chi connectivity index (χ1v) is 11.5. The zero-order valence-corrected chi connectivity index (χ0v) is 18.7. The molecular weight excluding hydrogens is 420 g/mol. The molecule has 3 aromatic rings. The maximum absolute atomic E-state index is 12.8. The first-order valence-electron chi connectivity index (χ1n) is 11.1. The SMILES string of the molecule is O=C(Nc1ccccc1)N1CCC2(CC1)CN(Cc1ccccc1Cl)C2c1cccnc1.